The summed E-state index contributed by atoms with van der Waals surface area (Å²) >= 11 is 0. The smallest absolute Gasteiger partial charge is 0.325 e. The van der Waals surface area contributed by atoms with Crippen molar-refractivity contribution in [1.29, 1.82) is 0 Å². The highest BCUT2D eigenvalue weighted by molar-refractivity contribution is 6.00. The molecule has 2 atom stereocenters. The van der Waals surface area contributed by atoms with Crippen molar-refractivity contribution in [2.75, 3.05) is 19.6 Å². The first-order valence-corrected chi connectivity index (χ1v) is 14.3. The minimum Gasteiger partial charge on any atom is -0.480 e. The third kappa shape index (κ3) is 6.59. The van der Waals surface area contributed by atoms with Gasteiger partial charge in [-0.2, -0.15) is 0 Å². The number of unbranched alkanes of at least 4 members (excludes halogenated alkanes) is 2. The Morgan fingerprint density at radius 1 is 1.24 bits per heavy atom. The molecule has 4 aliphatic rings. The van der Waals surface area contributed by atoms with Crippen LogP contribution < -0.4 is 5.32 Å². The minimum absolute atomic E-state index is 0.418. The van der Waals surface area contributed by atoms with Gasteiger partial charge >= 0.3 is 5.97 Å². The molecule has 2 saturated carbocycles. The van der Waals surface area contributed by atoms with Gasteiger partial charge in [-0.25, -0.2) is 15.0 Å². The number of aromatic nitrogens is 2. The van der Waals surface area contributed by atoms with E-state index in [4.69, 9.17) is 16.4 Å². The third-order valence-corrected chi connectivity index (χ3v) is 8.35. The molecule has 37 heavy (non-hydrogen) atoms. The van der Waals surface area contributed by atoms with E-state index < -0.39 is 12.0 Å². The lowest BCUT2D eigenvalue weighted by atomic mass is 9.99. The monoisotopic (exact) mass is 503 g/mol. The van der Waals surface area contributed by atoms with E-state index in [0.717, 1.165) is 125 Å². The number of aliphatic carboxylic acids is 1. The van der Waals surface area contributed by atoms with Gasteiger partial charge in [0.2, 0.25) is 0 Å². The van der Waals surface area contributed by atoms with Crippen LogP contribution in [-0.2, 0) is 4.79 Å². The standard InChI is InChI=1S/C30H41N5O2/c1-3-24(33-28-20(2)8-7-16-31-28)10-6-4-5-9-21-15-17-35(19-21)27(30(36)37)25-18-32-29(23-13-14-23)34-26(25)22-11-12-22/h1,18,21-23,27,31H,4-17,19H2,2H3,(H,36,37)/b33-24+/t21-,27?/m1/s1. The van der Waals surface area contributed by atoms with Crippen molar-refractivity contribution in [2.24, 2.45) is 10.9 Å². The van der Waals surface area contributed by atoms with Gasteiger partial charge in [0.1, 0.15) is 17.7 Å². The maximum atomic E-state index is 12.4. The second kappa shape index (κ2) is 11.8. The summed E-state index contributed by atoms with van der Waals surface area (Å²) in [7, 11) is 0. The lowest BCUT2D eigenvalue weighted by molar-refractivity contribution is -0.143. The average Bonchev–Trinajstić information content (AvgIpc) is 3.83. The minimum atomic E-state index is -0.774. The predicted octanol–water partition coefficient (Wildman–Crippen LogP) is 5.32. The Balaban J connectivity index is 1.11. The molecule has 1 aromatic heterocycles. The Labute approximate surface area is 221 Å². The maximum Gasteiger partial charge on any atom is 0.325 e. The largest absolute Gasteiger partial charge is 0.480 e. The zero-order valence-corrected chi connectivity index (χ0v) is 22.2. The van der Waals surface area contributed by atoms with Crippen LogP contribution in [0.5, 0.6) is 0 Å². The number of nitrogens with zero attached hydrogens (tertiary/aromatic N) is 4. The first-order chi connectivity index (χ1) is 18.0. The zero-order chi connectivity index (χ0) is 25.8. The molecule has 0 aromatic carbocycles. The fourth-order valence-electron chi connectivity index (χ4n) is 5.83. The molecular weight excluding hydrogens is 462 g/mol. The van der Waals surface area contributed by atoms with Crippen LogP contribution in [0.2, 0.25) is 0 Å². The van der Waals surface area contributed by atoms with Crippen LogP contribution in [0.15, 0.2) is 22.6 Å². The second-order valence-corrected chi connectivity index (χ2v) is 11.5. The van der Waals surface area contributed by atoms with E-state index >= 15 is 0 Å². The van der Waals surface area contributed by atoms with Crippen molar-refractivity contribution in [3.8, 4) is 12.3 Å². The van der Waals surface area contributed by atoms with E-state index in [1.165, 1.54) is 5.57 Å². The highest BCUT2D eigenvalue weighted by atomic mass is 16.4. The van der Waals surface area contributed by atoms with Gasteiger partial charge in [0.05, 0.1) is 11.4 Å². The number of carboxylic acids is 1. The molecule has 7 nitrogen and oxygen atoms in total. The SMILES string of the molecule is C#C/C(CCCCC[C@@H]1CCN(C(C(=O)O)c2cnc(C3CC3)nc2C2CC2)C1)=N\C1=C(C)CCCN1. The molecule has 3 heterocycles. The van der Waals surface area contributed by atoms with Crippen molar-refractivity contribution in [3.63, 3.8) is 0 Å². The van der Waals surface area contributed by atoms with Crippen LogP contribution in [0.4, 0.5) is 0 Å². The molecule has 3 fully saturated rings. The summed E-state index contributed by atoms with van der Waals surface area (Å²) in [6.07, 6.45) is 20.7. The van der Waals surface area contributed by atoms with Gasteiger partial charge in [0, 0.05) is 36.7 Å². The van der Waals surface area contributed by atoms with Crippen molar-refractivity contribution < 1.29 is 9.90 Å². The molecule has 1 aromatic rings. The summed E-state index contributed by atoms with van der Waals surface area (Å²) < 4.78 is 0. The fraction of sp³-hybridized carbons (Fsp3) is 0.667. The van der Waals surface area contributed by atoms with Crippen molar-refractivity contribution in [3.05, 3.63) is 34.7 Å². The second-order valence-electron chi connectivity index (χ2n) is 11.5. The Hall–Kier alpha value is -2.72. The first-order valence-electron chi connectivity index (χ1n) is 14.3. The molecule has 198 valence electrons. The van der Waals surface area contributed by atoms with E-state index in [1.54, 1.807) is 0 Å². The third-order valence-electron chi connectivity index (χ3n) is 8.35. The number of hydrogen-bond acceptors (Lipinski definition) is 6. The lowest BCUT2D eigenvalue weighted by Gasteiger charge is -2.26. The molecule has 0 amide bonds. The molecule has 0 radical (unpaired) electrons. The Kier molecular flexibility index (Phi) is 8.24. The Morgan fingerprint density at radius 3 is 2.76 bits per heavy atom. The van der Waals surface area contributed by atoms with Gasteiger partial charge in [-0.3, -0.25) is 9.69 Å². The van der Waals surface area contributed by atoms with E-state index in [1.807, 2.05) is 6.20 Å². The molecule has 0 spiro atoms. The van der Waals surface area contributed by atoms with E-state index in [0.29, 0.717) is 17.8 Å². The Morgan fingerprint density at radius 2 is 2.05 bits per heavy atom. The molecule has 2 aliphatic heterocycles. The number of hydrogen-bond donors (Lipinski definition) is 2. The summed E-state index contributed by atoms with van der Waals surface area (Å²) in [6.45, 7) is 4.75. The first kappa shape index (κ1) is 25.9. The van der Waals surface area contributed by atoms with Crippen LogP contribution in [0.3, 0.4) is 0 Å². The lowest BCUT2D eigenvalue weighted by Crippen LogP contribution is -2.33. The van der Waals surface area contributed by atoms with E-state index in [2.05, 4.69) is 28.0 Å². The molecular formula is C30H41N5O2. The van der Waals surface area contributed by atoms with Crippen molar-refractivity contribution in [1.82, 2.24) is 20.2 Å². The van der Waals surface area contributed by atoms with E-state index in [-0.39, 0.29) is 0 Å². The number of carbonyl (C=O) groups is 1. The van der Waals surface area contributed by atoms with Gasteiger partial charge in [-0.05, 0) is 89.2 Å². The summed E-state index contributed by atoms with van der Waals surface area (Å²) in [5.41, 5.74) is 3.97. The fourth-order valence-corrected chi connectivity index (χ4v) is 5.83. The van der Waals surface area contributed by atoms with Crippen LogP contribution >= 0.6 is 0 Å². The van der Waals surface area contributed by atoms with Crippen LogP contribution in [0, 0.1) is 18.3 Å². The number of aliphatic imine (C=N–C) groups is 1. The van der Waals surface area contributed by atoms with Crippen molar-refractivity contribution >= 4 is 11.7 Å². The van der Waals surface area contributed by atoms with Gasteiger partial charge in [0.25, 0.3) is 0 Å². The van der Waals surface area contributed by atoms with Crippen LogP contribution in [0.25, 0.3) is 0 Å². The Bertz CT molecular complexity index is 1100. The molecule has 7 heteroatoms. The number of nitrogens with one attached hydrogen (secondary N) is 1. The molecule has 5 rings (SSSR count). The number of likely N-dealkylation sites (tertiary alicyclic amines) is 1. The van der Waals surface area contributed by atoms with Crippen LogP contribution in [0.1, 0.15) is 119 Å². The summed E-state index contributed by atoms with van der Waals surface area (Å²) in [5.74, 6) is 5.34. The van der Waals surface area contributed by atoms with Gasteiger partial charge < -0.3 is 10.4 Å². The molecule has 1 saturated heterocycles. The number of allylic oxidation sites excluding steroid dienone is 1. The molecule has 2 aliphatic carbocycles. The summed E-state index contributed by atoms with van der Waals surface area (Å²) in [4.78, 5) is 28.8. The topological polar surface area (TPSA) is 90.7 Å². The zero-order valence-electron chi connectivity index (χ0n) is 22.2. The summed E-state index contributed by atoms with van der Waals surface area (Å²) in [6, 6.07) is -0.630. The quantitative estimate of drug-likeness (QED) is 0.228. The summed E-state index contributed by atoms with van der Waals surface area (Å²) in [5, 5.41) is 13.6. The molecule has 2 N–H and O–H groups in total. The number of carboxylic acid groups (broad SMARTS) is 1. The van der Waals surface area contributed by atoms with Gasteiger partial charge in [-0.15, -0.1) is 6.42 Å². The predicted molar refractivity (Wildman–Crippen MR) is 145 cm³/mol. The molecule has 1 unspecified atom stereocenters. The van der Waals surface area contributed by atoms with Crippen LogP contribution in [-0.4, -0.2) is 51.3 Å². The highest BCUT2D eigenvalue weighted by Gasteiger charge is 2.39. The van der Waals surface area contributed by atoms with E-state index in [9.17, 15) is 9.90 Å². The number of rotatable bonds is 12. The van der Waals surface area contributed by atoms with Crippen molar-refractivity contribution in [2.45, 2.75) is 102 Å². The average molecular weight is 504 g/mol. The number of terminal acetylenes is 1. The maximum absolute atomic E-state index is 12.4. The molecule has 0 bridgehead atoms. The normalized spacial score (nSPS) is 23.6. The van der Waals surface area contributed by atoms with Gasteiger partial charge in [-0.1, -0.05) is 18.8 Å². The highest BCUT2D eigenvalue weighted by Crippen LogP contribution is 2.45. The van der Waals surface area contributed by atoms with Gasteiger partial charge in [0.15, 0.2) is 0 Å².